The van der Waals surface area contributed by atoms with Gasteiger partial charge in [0.15, 0.2) is 17.5 Å². The molecule has 0 aliphatic carbocycles. The van der Waals surface area contributed by atoms with Gasteiger partial charge in [0.1, 0.15) is 5.52 Å². The zero-order valence-electron chi connectivity index (χ0n) is 13.3. The van der Waals surface area contributed by atoms with E-state index in [0.717, 1.165) is 0 Å². The van der Waals surface area contributed by atoms with Crippen molar-refractivity contribution in [2.24, 2.45) is 0 Å². The maximum atomic E-state index is 12.5. The summed E-state index contributed by atoms with van der Waals surface area (Å²) < 4.78 is 4.76. The van der Waals surface area contributed by atoms with Crippen LogP contribution in [0.4, 0.5) is 0 Å². The Hall–Kier alpha value is -3.48. The van der Waals surface area contributed by atoms with Crippen LogP contribution in [0.25, 0.3) is 10.9 Å². The second kappa shape index (κ2) is 6.96. The topological polar surface area (TPSA) is 101 Å². The van der Waals surface area contributed by atoms with Gasteiger partial charge in [-0.25, -0.2) is 9.78 Å². The highest BCUT2D eigenvalue weighted by molar-refractivity contribution is 6.01. The van der Waals surface area contributed by atoms with E-state index in [1.54, 1.807) is 42.5 Å². The molecule has 2 heterocycles. The molecular formula is C18H15N3O4. The Kier molecular flexibility index (Phi) is 4.56. The monoisotopic (exact) mass is 337 g/mol. The number of hydrogen-bond donors (Lipinski definition) is 2. The largest absolute Gasteiger partial charge is 0.504 e. The Labute approximate surface area is 143 Å². The lowest BCUT2D eigenvalue weighted by Crippen LogP contribution is -2.35. The first-order valence-electron chi connectivity index (χ1n) is 7.48. The molecule has 0 radical (unpaired) electrons. The molecule has 0 bridgehead atoms. The summed E-state index contributed by atoms with van der Waals surface area (Å²) in [7, 11) is 1.24. The van der Waals surface area contributed by atoms with Crippen LogP contribution in [0, 0.1) is 0 Å². The summed E-state index contributed by atoms with van der Waals surface area (Å²) in [4.78, 5) is 32.6. The van der Waals surface area contributed by atoms with Gasteiger partial charge in [-0.1, -0.05) is 30.3 Å². The lowest BCUT2D eigenvalue weighted by Gasteiger charge is -2.17. The van der Waals surface area contributed by atoms with Crippen molar-refractivity contribution >= 4 is 22.8 Å². The number of benzene rings is 1. The average molecular weight is 337 g/mol. The van der Waals surface area contributed by atoms with E-state index in [1.165, 1.54) is 19.5 Å². The predicted octanol–water partition coefficient (Wildman–Crippen LogP) is 1.98. The number of hydrogen-bond acceptors (Lipinski definition) is 6. The van der Waals surface area contributed by atoms with E-state index in [1.807, 2.05) is 0 Å². The number of esters is 1. The maximum Gasteiger partial charge on any atom is 0.333 e. The molecule has 126 valence electrons. The third-order valence-electron chi connectivity index (χ3n) is 3.68. The Morgan fingerprint density at radius 3 is 2.60 bits per heavy atom. The highest BCUT2D eigenvalue weighted by Crippen LogP contribution is 2.25. The van der Waals surface area contributed by atoms with Crippen molar-refractivity contribution in [2.45, 2.75) is 6.04 Å². The molecule has 0 saturated heterocycles. The standard InChI is InChI=1S/C18H15N3O4/c1-25-18(24)14(11-6-3-2-4-7-11)21-17(23)15-16(22)13-12(10-20-15)8-5-9-19-13/h2-10,14,22H,1H3,(H,21,23)/t14-/m1/s1. The molecule has 3 aromatic rings. The van der Waals surface area contributed by atoms with Gasteiger partial charge in [0, 0.05) is 17.8 Å². The number of amides is 1. The molecular weight excluding hydrogens is 322 g/mol. The molecule has 0 spiro atoms. The van der Waals surface area contributed by atoms with Crippen molar-refractivity contribution in [1.29, 1.82) is 0 Å². The maximum absolute atomic E-state index is 12.5. The lowest BCUT2D eigenvalue weighted by atomic mass is 10.1. The fourth-order valence-electron chi connectivity index (χ4n) is 2.43. The molecule has 2 aromatic heterocycles. The van der Waals surface area contributed by atoms with Gasteiger partial charge in [0.25, 0.3) is 5.91 Å². The Balaban J connectivity index is 1.94. The van der Waals surface area contributed by atoms with Crippen molar-refractivity contribution in [3.63, 3.8) is 0 Å². The minimum absolute atomic E-state index is 0.212. The van der Waals surface area contributed by atoms with Gasteiger partial charge in [0.2, 0.25) is 0 Å². The van der Waals surface area contributed by atoms with Crippen molar-refractivity contribution in [2.75, 3.05) is 7.11 Å². The number of nitrogens with one attached hydrogen (secondary N) is 1. The molecule has 25 heavy (non-hydrogen) atoms. The number of ether oxygens (including phenoxy) is 1. The van der Waals surface area contributed by atoms with Crippen LogP contribution in [0.1, 0.15) is 22.1 Å². The van der Waals surface area contributed by atoms with E-state index >= 15 is 0 Å². The summed E-state index contributed by atoms with van der Waals surface area (Å²) in [5.41, 5.74) is 0.606. The first-order chi connectivity index (χ1) is 12.1. The molecule has 7 nitrogen and oxygen atoms in total. The van der Waals surface area contributed by atoms with Crippen molar-refractivity contribution in [1.82, 2.24) is 15.3 Å². The lowest BCUT2D eigenvalue weighted by molar-refractivity contribution is -0.143. The van der Waals surface area contributed by atoms with E-state index in [-0.39, 0.29) is 17.0 Å². The van der Waals surface area contributed by atoms with Crippen LogP contribution in [0.3, 0.4) is 0 Å². The summed E-state index contributed by atoms with van der Waals surface area (Å²) in [6.45, 7) is 0. The number of nitrogens with zero attached hydrogens (tertiary/aromatic N) is 2. The molecule has 3 rings (SSSR count). The number of carbonyl (C=O) groups excluding carboxylic acids is 2. The minimum Gasteiger partial charge on any atom is -0.504 e. The van der Waals surface area contributed by atoms with Gasteiger partial charge in [-0.05, 0) is 17.7 Å². The van der Waals surface area contributed by atoms with Gasteiger partial charge < -0.3 is 15.2 Å². The fraction of sp³-hybridized carbons (Fsp3) is 0.111. The molecule has 1 aromatic carbocycles. The number of aromatic nitrogens is 2. The molecule has 0 unspecified atom stereocenters. The molecule has 7 heteroatoms. The van der Waals surface area contributed by atoms with Gasteiger partial charge in [-0.2, -0.15) is 0 Å². The summed E-state index contributed by atoms with van der Waals surface area (Å²) in [5.74, 6) is -1.67. The number of rotatable bonds is 4. The zero-order chi connectivity index (χ0) is 17.8. The Morgan fingerprint density at radius 1 is 1.12 bits per heavy atom. The third-order valence-corrected chi connectivity index (χ3v) is 3.68. The molecule has 0 aliphatic rings. The van der Waals surface area contributed by atoms with Gasteiger partial charge in [0.05, 0.1) is 7.11 Å². The summed E-state index contributed by atoms with van der Waals surface area (Å²) in [6.07, 6.45) is 2.94. The number of fused-ring (bicyclic) bond motifs is 1. The van der Waals surface area contributed by atoms with Crippen LogP contribution in [-0.2, 0) is 9.53 Å². The molecule has 0 fully saturated rings. The minimum atomic E-state index is -1.01. The van der Waals surface area contributed by atoms with E-state index in [9.17, 15) is 14.7 Å². The molecule has 2 N–H and O–H groups in total. The van der Waals surface area contributed by atoms with E-state index < -0.39 is 17.9 Å². The summed E-state index contributed by atoms with van der Waals surface area (Å²) in [5, 5.41) is 13.4. The third kappa shape index (κ3) is 3.25. The molecule has 0 saturated carbocycles. The molecule has 1 atom stereocenters. The van der Waals surface area contributed by atoms with Crippen molar-refractivity contribution < 1.29 is 19.4 Å². The van der Waals surface area contributed by atoms with Crippen LogP contribution in [-0.4, -0.2) is 34.1 Å². The quantitative estimate of drug-likeness (QED) is 0.706. The second-order valence-electron chi connectivity index (χ2n) is 5.24. The average Bonchev–Trinajstić information content (AvgIpc) is 2.66. The summed E-state index contributed by atoms with van der Waals surface area (Å²) >= 11 is 0. The SMILES string of the molecule is COC(=O)[C@H](NC(=O)c1ncc2cccnc2c1O)c1ccccc1. The van der Waals surface area contributed by atoms with Crippen LogP contribution in [0.15, 0.2) is 54.9 Å². The number of carbonyl (C=O) groups is 2. The molecule has 0 aliphatic heterocycles. The van der Waals surface area contributed by atoms with Crippen LogP contribution >= 0.6 is 0 Å². The highest BCUT2D eigenvalue weighted by Gasteiger charge is 2.26. The summed E-state index contributed by atoms with van der Waals surface area (Å²) in [6, 6.07) is 11.1. The van der Waals surface area contributed by atoms with Crippen LogP contribution in [0.5, 0.6) is 5.75 Å². The first-order valence-corrected chi connectivity index (χ1v) is 7.48. The van der Waals surface area contributed by atoms with Gasteiger partial charge in [-0.15, -0.1) is 0 Å². The molecule has 1 amide bonds. The number of pyridine rings is 2. The Bertz CT molecular complexity index is 928. The van der Waals surface area contributed by atoms with E-state index in [4.69, 9.17) is 4.74 Å². The highest BCUT2D eigenvalue weighted by atomic mass is 16.5. The second-order valence-corrected chi connectivity index (χ2v) is 5.24. The zero-order valence-corrected chi connectivity index (χ0v) is 13.3. The van der Waals surface area contributed by atoms with Crippen molar-refractivity contribution in [3.8, 4) is 5.75 Å². The van der Waals surface area contributed by atoms with Gasteiger partial charge in [-0.3, -0.25) is 9.78 Å². The Morgan fingerprint density at radius 2 is 1.88 bits per heavy atom. The fourth-order valence-corrected chi connectivity index (χ4v) is 2.43. The predicted molar refractivity (Wildman–Crippen MR) is 89.9 cm³/mol. The smallest absolute Gasteiger partial charge is 0.333 e. The first kappa shape index (κ1) is 16.4. The van der Waals surface area contributed by atoms with Gasteiger partial charge >= 0.3 is 5.97 Å². The van der Waals surface area contributed by atoms with E-state index in [2.05, 4.69) is 15.3 Å². The normalized spacial score (nSPS) is 11.7. The number of aromatic hydroxyl groups is 1. The van der Waals surface area contributed by atoms with Crippen LogP contribution in [0.2, 0.25) is 0 Å². The number of methoxy groups -OCH3 is 1. The van der Waals surface area contributed by atoms with Crippen LogP contribution < -0.4 is 5.32 Å². The van der Waals surface area contributed by atoms with E-state index in [0.29, 0.717) is 10.9 Å². The van der Waals surface area contributed by atoms with Crippen molar-refractivity contribution in [3.05, 3.63) is 66.1 Å².